The second kappa shape index (κ2) is 6.20. The third kappa shape index (κ3) is 3.20. The van der Waals surface area contributed by atoms with Crippen molar-refractivity contribution in [2.24, 2.45) is 5.92 Å². The van der Waals surface area contributed by atoms with Gasteiger partial charge in [-0.25, -0.2) is 0 Å². The van der Waals surface area contributed by atoms with Gasteiger partial charge in [0.1, 0.15) is 5.75 Å². The highest BCUT2D eigenvalue weighted by molar-refractivity contribution is 5.68. The van der Waals surface area contributed by atoms with Crippen molar-refractivity contribution in [3.05, 3.63) is 29.8 Å². The Kier molecular flexibility index (Phi) is 4.13. The number of nitrogens with two attached hydrogens (primary N) is 1. The van der Waals surface area contributed by atoms with Gasteiger partial charge in [-0.2, -0.15) is 0 Å². The molecule has 1 aromatic heterocycles. The Labute approximate surface area is 125 Å². The van der Waals surface area contributed by atoms with E-state index in [1.165, 1.54) is 37.7 Å². The molecule has 0 unspecified atom stereocenters. The molecule has 4 nitrogen and oxygen atoms in total. The molecule has 0 amide bonds. The lowest BCUT2D eigenvalue weighted by molar-refractivity contribution is 0.356. The van der Waals surface area contributed by atoms with E-state index in [1.54, 1.807) is 13.2 Å². The lowest BCUT2D eigenvalue weighted by atomic mass is 9.84. The minimum Gasteiger partial charge on any atom is -0.496 e. The first-order valence-electron chi connectivity index (χ1n) is 7.66. The van der Waals surface area contributed by atoms with Gasteiger partial charge in [0.05, 0.1) is 12.7 Å². The first-order chi connectivity index (χ1) is 10.3. The van der Waals surface area contributed by atoms with E-state index in [4.69, 9.17) is 15.0 Å². The van der Waals surface area contributed by atoms with E-state index in [0.29, 0.717) is 11.6 Å². The van der Waals surface area contributed by atoms with Gasteiger partial charge in [0.25, 0.3) is 0 Å². The van der Waals surface area contributed by atoms with Gasteiger partial charge in [0.2, 0.25) is 0 Å². The predicted molar refractivity (Wildman–Crippen MR) is 83.2 cm³/mol. The molecule has 1 heterocycles. The Hall–Kier alpha value is -1.97. The average Bonchev–Trinajstić information content (AvgIpc) is 2.95. The van der Waals surface area contributed by atoms with Crippen LogP contribution in [0.2, 0.25) is 0 Å². The van der Waals surface area contributed by atoms with E-state index in [2.05, 4.69) is 17.3 Å². The Morgan fingerprint density at radius 2 is 2.05 bits per heavy atom. The molecule has 0 spiro atoms. The van der Waals surface area contributed by atoms with Gasteiger partial charge in [0, 0.05) is 6.07 Å². The molecule has 0 bridgehead atoms. The van der Waals surface area contributed by atoms with E-state index in [1.807, 2.05) is 6.07 Å². The second-order valence-electron chi connectivity index (χ2n) is 5.86. The number of aromatic nitrogens is 1. The van der Waals surface area contributed by atoms with Crippen molar-refractivity contribution in [3.8, 4) is 17.1 Å². The van der Waals surface area contributed by atoms with Crippen LogP contribution in [0.25, 0.3) is 11.3 Å². The van der Waals surface area contributed by atoms with Crippen molar-refractivity contribution in [2.45, 2.75) is 38.5 Å². The molecule has 112 valence electrons. The van der Waals surface area contributed by atoms with Crippen LogP contribution in [-0.2, 0) is 6.42 Å². The lowest BCUT2D eigenvalue weighted by Gasteiger charge is -2.21. The van der Waals surface area contributed by atoms with E-state index in [-0.39, 0.29) is 0 Å². The Bertz CT molecular complexity index is 601. The first-order valence-corrected chi connectivity index (χ1v) is 7.66. The van der Waals surface area contributed by atoms with Crippen LogP contribution in [0.5, 0.6) is 5.75 Å². The minimum absolute atomic E-state index is 0.393. The van der Waals surface area contributed by atoms with Crippen molar-refractivity contribution >= 4 is 5.82 Å². The fourth-order valence-electron chi connectivity index (χ4n) is 3.22. The third-order valence-corrected chi connectivity index (χ3v) is 4.31. The maximum absolute atomic E-state index is 5.65. The Morgan fingerprint density at radius 1 is 1.24 bits per heavy atom. The predicted octanol–water partition coefficient (Wildman–Crippen LogP) is 4.06. The van der Waals surface area contributed by atoms with Crippen molar-refractivity contribution in [1.29, 1.82) is 0 Å². The number of benzene rings is 1. The largest absolute Gasteiger partial charge is 0.496 e. The fourth-order valence-corrected chi connectivity index (χ4v) is 3.22. The van der Waals surface area contributed by atoms with Crippen LogP contribution in [0.15, 0.2) is 28.8 Å². The van der Waals surface area contributed by atoms with Crippen LogP contribution in [0.4, 0.5) is 5.82 Å². The minimum atomic E-state index is 0.393. The fraction of sp³-hybridized carbons (Fsp3) is 0.471. The molecule has 0 aliphatic heterocycles. The maximum Gasteiger partial charge on any atom is 0.172 e. The monoisotopic (exact) mass is 286 g/mol. The zero-order valence-corrected chi connectivity index (χ0v) is 12.5. The number of rotatable bonds is 4. The van der Waals surface area contributed by atoms with Crippen LogP contribution >= 0.6 is 0 Å². The molecule has 0 atom stereocenters. The molecule has 21 heavy (non-hydrogen) atoms. The molecule has 1 fully saturated rings. The van der Waals surface area contributed by atoms with Crippen molar-refractivity contribution < 1.29 is 9.26 Å². The number of hydrogen-bond donors (Lipinski definition) is 1. The van der Waals surface area contributed by atoms with Crippen molar-refractivity contribution in [1.82, 2.24) is 5.16 Å². The second-order valence-corrected chi connectivity index (χ2v) is 5.86. The molecule has 1 aliphatic carbocycles. The molecule has 1 aliphatic rings. The molecule has 1 saturated carbocycles. The highest BCUT2D eigenvalue weighted by Gasteiger charge is 2.16. The summed E-state index contributed by atoms with van der Waals surface area (Å²) in [6, 6.07) is 8.04. The normalized spacial score (nSPS) is 16.0. The van der Waals surface area contributed by atoms with E-state index in [0.717, 1.165) is 23.7 Å². The number of hydrogen-bond acceptors (Lipinski definition) is 4. The molecular formula is C17H22N2O2. The van der Waals surface area contributed by atoms with Gasteiger partial charge in [-0.15, -0.1) is 0 Å². The molecule has 2 aromatic rings. The quantitative estimate of drug-likeness (QED) is 0.920. The van der Waals surface area contributed by atoms with E-state index < -0.39 is 0 Å². The number of ether oxygens (including phenoxy) is 1. The SMILES string of the molecule is COc1ccc(CC2CCCCC2)cc1-c1cc(N)no1. The molecule has 0 saturated heterocycles. The average molecular weight is 286 g/mol. The first kappa shape index (κ1) is 14.0. The molecular weight excluding hydrogens is 264 g/mol. The summed E-state index contributed by atoms with van der Waals surface area (Å²) in [7, 11) is 1.67. The number of methoxy groups -OCH3 is 1. The van der Waals surface area contributed by atoms with Crippen LogP contribution in [-0.4, -0.2) is 12.3 Å². The third-order valence-electron chi connectivity index (χ3n) is 4.31. The van der Waals surface area contributed by atoms with Crippen LogP contribution < -0.4 is 10.5 Å². The summed E-state index contributed by atoms with van der Waals surface area (Å²) in [4.78, 5) is 0. The zero-order chi connectivity index (χ0) is 14.7. The standard InChI is InChI=1S/C17H22N2O2/c1-20-15-8-7-13(9-12-5-3-2-4-6-12)10-14(15)16-11-17(18)19-21-16/h7-8,10-12H,2-6,9H2,1H3,(H2,18,19). The topological polar surface area (TPSA) is 61.3 Å². The number of anilines is 1. The summed E-state index contributed by atoms with van der Waals surface area (Å²) in [6.07, 6.45) is 7.94. The van der Waals surface area contributed by atoms with Crippen LogP contribution in [0.1, 0.15) is 37.7 Å². The highest BCUT2D eigenvalue weighted by Crippen LogP contribution is 2.34. The molecule has 1 aromatic carbocycles. The summed E-state index contributed by atoms with van der Waals surface area (Å²) < 4.78 is 10.7. The lowest BCUT2D eigenvalue weighted by Crippen LogP contribution is -2.09. The molecule has 4 heteroatoms. The van der Waals surface area contributed by atoms with Crippen molar-refractivity contribution in [3.63, 3.8) is 0 Å². The van der Waals surface area contributed by atoms with Crippen LogP contribution in [0, 0.1) is 5.92 Å². The Morgan fingerprint density at radius 3 is 2.71 bits per heavy atom. The van der Waals surface area contributed by atoms with Gasteiger partial charge in [-0.1, -0.05) is 43.3 Å². The summed E-state index contributed by atoms with van der Waals surface area (Å²) in [6.45, 7) is 0. The number of nitrogens with zero attached hydrogens (tertiary/aromatic N) is 1. The number of nitrogen functional groups attached to an aromatic ring is 1. The van der Waals surface area contributed by atoms with Crippen LogP contribution in [0.3, 0.4) is 0 Å². The Balaban J connectivity index is 1.85. The van der Waals surface area contributed by atoms with Gasteiger partial charge in [0.15, 0.2) is 11.6 Å². The highest BCUT2D eigenvalue weighted by atomic mass is 16.5. The molecule has 2 N–H and O–H groups in total. The summed E-state index contributed by atoms with van der Waals surface area (Å²) in [5, 5.41) is 3.76. The zero-order valence-electron chi connectivity index (χ0n) is 12.5. The van der Waals surface area contributed by atoms with E-state index >= 15 is 0 Å². The maximum atomic E-state index is 5.65. The van der Waals surface area contributed by atoms with Gasteiger partial charge in [-0.05, 0) is 30.0 Å². The van der Waals surface area contributed by atoms with Gasteiger partial charge >= 0.3 is 0 Å². The van der Waals surface area contributed by atoms with E-state index in [9.17, 15) is 0 Å². The molecule has 0 radical (unpaired) electrons. The van der Waals surface area contributed by atoms with Gasteiger partial charge < -0.3 is 15.0 Å². The smallest absolute Gasteiger partial charge is 0.172 e. The summed E-state index contributed by atoms with van der Waals surface area (Å²) in [5.74, 6) is 2.65. The van der Waals surface area contributed by atoms with Gasteiger partial charge in [-0.3, -0.25) is 0 Å². The summed E-state index contributed by atoms with van der Waals surface area (Å²) >= 11 is 0. The summed E-state index contributed by atoms with van der Waals surface area (Å²) in [5.41, 5.74) is 7.90. The van der Waals surface area contributed by atoms with Crippen molar-refractivity contribution in [2.75, 3.05) is 12.8 Å². The molecule has 3 rings (SSSR count).